The lowest BCUT2D eigenvalue weighted by molar-refractivity contribution is -0.148. The maximum Gasteiger partial charge on any atom is 0.255 e. The first-order valence-electron chi connectivity index (χ1n) is 10.7. The Balaban J connectivity index is 1.83. The van der Waals surface area contributed by atoms with Crippen molar-refractivity contribution in [2.45, 2.75) is 32.6 Å². The second kappa shape index (κ2) is 9.78. The van der Waals surface area contributed by atoms with E-state index in [1.54, 1.807) is 30.1 Å². The average molecular weight is 414 g/mol. The van der Waals surface area contributed by atoms with Gasteiger partial charge in [-0.05, 0) is 31.4 Å². The lowest BCUT2D eigenvalue weighted by Gasteiger charge is -2.43. The van der Waals surface area contributed by atoms with Crippen molar-refractivity contribution in [1.82, 2.24) is 15.1 Å². The Morgan fingerprint density at radius 2 is 2.00 bits per heavy atom. The SMILES string of the molecule is CCC(=O)N1CCCC2(C/C=C/CNC(=O)c3ccccc3OCCN(C)C2=O)C1. The van der Waals surface area contributed by atoms with Crippen molar-refractivity contribution in [3.05, 3.63) is 42.0 Å². The molecule has 0 radical (unpaired) electrons. The van der Waals surface area contributed by atoms with E-state index in [1.807, 2.05) is 30.0 Å². The fourth-order valence-corrected chi connectivity index (χ4v) is 4.21. The molecule has 1 saturated heterocycles. The Labute approximate surface area is 178 Å². The van der Waals surface area contributed by atoms with E-state index in [1.165, 1.54) is 0 Å². The van der Waals surface area contributed by atoms with E-state index in [0.717, 1.165) is 12.8 Å². The summed E-state index contributed by atoms with van der Waals surface area (Å²) in [6, 6.07) is 7.10. The number of benzene rings is 1. The second-order valence-electron chi connectivity index (χ2n) is 8.01. The zero-order chi connectivity index (χ0) is 21.6. The Morgan fingerprint density at radius 3 is 2.80 bits per heavy atom. The molecule has 0 aliphatic carbocycles. The standard InChI is InChI=1S/C23H31N3O4/c1-3-20(27)26-14-8-12-23(17-26)11-6-7-13-24-21(28)18-9-4-5-10-19(18)30-16-15-25(2)22(23)29/h4-7,9-10H,3,8,11-17H2,1-2H3,(H,24,28)/b7-6+. The summed E-state index contributed by atoms with van der Waals surface area (Å²) in [5.74, 6) is 0.437. The quantitative estimate of drug-likeness (QED) is 0.716. The lowest BCUT2D eigenvalue weighted by Crippen LogP contribution is -2.54. The van der Waals surface area contributed by atoms with Gasteiger partial charge in [0.05, 0.1) is 17.5 Å². The van der Waals surface area contributed by atoms with Crippen LogP contribution in [0.5, 0.6) is 5.75 Å². The predicted octanol–water partition coefficient (Wildman–Crippen LogP) is 2.23. The van der Waals surface area contributed by atoms with E-state index in [0.29, 0.717) is 50.3 Å². The van der Waals surface area contributed by atoms with Crippen molar-refractivity contribution < 1.29 is 19.1 Å². The van der Waals surface area contributed by atoms with Crippen LogP contribution in [0.3, 0.4) is 0 Å². The highest BCUT2D eigenvalue weighted by Gasteiger charge is 2.43. The fourth-order valence-electron chi connectivity index (χ4n) is 4.21. The topological polar surface area (TPSA) is 79.0 Å². The molecule has 0 saturated carbocycles. The van der Waals surface area contributed by atoms with Crippen LogP contribution in [0, 0.1) is 5.41 Å². The number of para-hydroxylation sites is 1. The molecule has 162 valence electrons. The van der Waals surface area contributed by atoms with Crippen molar-refractivity contribution in [1.29, 1.82) is 0 Å². The Kier molecular flexibility index (Phi) is 7.13. The van der Waals surface area contributed by atoms with Crippen LogP contribution in [0.25, 0.3) is 0 Å². The second-order valence-corrected chi connectivity index (χ2v) is 8.01. The molecule has 1 aromatic rings. The molecule has 7 nitrogen and oxygen atoms in total. The van der Waals surface area contributed by atoms with Crippen LogP contribution < -0.4 is 10.1 Å². The summed E-state index contributed by atoms with van der Waals surface area (Å²) in [5, 5.41) is 2.87. The summed E-state index contributed by atoms with van der Waals surface area (Å²) in [4.78, 5) is 41.8. The van der Waals surface area contributed by atoms with Gasteiger partial charge in [0.1, 0.15) is 12.4 Å². The summed E-state index contributed by atoms with van der Waals surface area (Å²) in [6.45, 7) is 4.04. The van der Waals surface area contributed by atoms with Crippen molar-refractivity contribution in [2.24, 2.45) is 5.41 Å². The molecule has 1 atom stereocenters. The number of rotatable bonds is 1. The van der Waals surface area contributed by atoms with Gasteiger partial charge in [0, 0.05) is 33.1 Å². The Hall–Kier alpha value is -2.83. The number of likely N-dealkylation sites (N-methyl/N-ethyl adjacent to an activating group) is 1. The highest BCUT2D eigenvalue weighted by Crippen LogP contribution is 2.36. The van der Waals surface area contributed by atoms with Gasteiger partial charge < -0.3 is 19.9 Å². The lowest BCUT2D eigenvalue weighted by atomic mass is 9.75. The molecule has 2 aliphatic rings. The van der Waals surface area contributed by atoms with Gasteiger partial charge in [0.2, 0.25) is 11.8 Å². The van der Waals surface area contributed by atoms with Crippen molar-refractivity contribution in [3.8, 4) is 5.75 Å². The molecule has 1 N–H and O–H groups in total. The zero-order valence-corrected chi connectivity index (χ0v) is 17.9. The summed E-state index contributed by atoms with van der Waals surface area (Å²) < 4.78 is 5.84. The van der Waals surface area contributed by atoms with Crippen LogP contribution in [0.2, 0.25) is 0 Å². The van der Waals surface area contributed by atoms with Crippen LogP contribution in [0.15, 0.2) is 36.4 Å². The van der Waals surface area contributed by atoms with E-state index >= 15 is 0 Å². The summed E-state index contributed by atoms with van der Waals surface area (Å²) in [5.41, 5.74) is -0.158. The van der Waals surface area contributed by atoms with Crippen molar-refractivity contribution in [2.75, 3.05) is 39.8 Å². The summed E-state index contributed by atoms with van der Waals surface area (Å²) in [7, 11) is 1.78. The van der Waals surface area contributed by atoms with E-state index in [-0.39, 0.29) is 24.3 Å². The van der Waals surface area contributed by atoms with E-state index in [4.69, 9.17) is 4.74 Å². The minimum atomic E-state index is -0.639. The molecule has 0 bridgehead atoms. The highest BCUT2D eigenvalue weighted by molar-refractivity contribution is 5.97. The van der Waals surface area contributed by atoms with Crippen LogP contribution in [0.1, 0.15) is 43.0 Å². The number of nitrogens with one attached hydrogen (secondary N) is 1. The van der Waals surface area contributed by atoms with Gasteiger partial charge in [-0.15, -0.1) is 0 Å². The molecule has 0 aromatic heterocycles. The summed E-state index contributed by atoms with van der Waals surface area (Å²) in [6.07, 6.45) is 6.36. The van der Waals surface area contributed by atoms with Crippen LogP contribution in [0.4, 0.5) is 0 Å². The molecule has 1 aromatic carbocycles. The van der Waals surface area contributed by atoms with Gasteiger partial charge in [0.25, 0.3) is 5.91 Å². The third kappa shape index (κ3) is 4.83. The maximum atomic E-state index is 13.5. The van der Waals surface area contributed by atoms with Gasteiger partial charge in [-0.1, -0.05) is 31.2 Å². The number of fused-ring (bicyclic) bond motifs is 1. The van der Waals surface area contributed by atoms with Gasteiger partial charge in [-0.25, -0.2) is 0 Å². The first-order chi connectivity index (χ1) is 14.5. The first-order valence-corrected chi connectivity index (χ1v) is 10.7. The number of hydrogen-bond donors (Lipinski definition) is 1. The molecule has 2 aliphatic heterocycles. The molecule has 1 fully saturated rings. The van der Waals surface area contributed by atoms with Gasteiger partial charge in [-0.3, -0.25) is 14.4 Å². The number of amides is 3. The monoisotopic (exact) mass is 413 g/mol. The van der Waals surface area contributed by atoms with Crippen LogP contribution >= 0.6 is 0 Å². The molecular weight excluding hydrogens is 382 g/mol. The van der Waals surface area contributed by atoms with Crippen LogP contribution in [-0.4, -0.2) is 67.4 Å². The van der Waals surface area contributed by atoms with Crippen molar-refractivity contribution in [3.63, 3.8) is 0 Å². The normalized spacial score (nSPS) is 24.5. The Morgan fingerprint density at radius 1 is 1.20 bits per heavy atom. The number of piperidine rings is 1. The summed E-state index contributed by atoms with van der Waals surface area (Å²) >= 11 is 0. The van der Waals surface area contributed by atoms with E-state index in [2.05, 4.69) is 5.32 Å². The number of carbonyl (C=O) groups excluding carboxylic acids is 3. The number of ether oxygens (including phenoxy) is 1. The molecule has 2 heterocycles. The molecule has 3 amide bonds. The minimum absolute atomic E-state index is 0.0405. The Bertz CT molecular complexity index is 822. The zero-order valence-electron chi connectivity index (χ0n) is 17.9. The highest BCUT2D eigenvalue weighted by atomic mass is 16.5. The number of likely N-dealkylation sites (tertiary alicyclic amines) is 1. The average Bonchev–Trinajstić information content (AvgIpc) is 2.77. The third-order valence-electron chi connectivity index (χ3n) is 5.90. The number of allylic oxidation sites excluding steroid dienone is 1. The molecule has 7 heteroatoms. The molecule has 1 unspecified atom stereocenters. The van der Waals surface area contributed by atoms with Crippen molar-refractivity contribution >= 4 is 17.7 Å². The van der Waals surface area contributed by atoms with Gasteiger partial charge >= 0.3 is 0 Å². The molecule has 3 rings (SSSR count). The molecule has 30 heavy (non-hydrogen) atoms. The molecule has 1 spiro atoms. The van der Waals surface area contributed by atoms with Gasteiger partial charge in [0.15, 0.2) is 0 Å². The largest absolute Gasteiger partial charge is 0.491 e. The van der Waals surface area contributed by atoms with Gasteiger partial charge in [-0.2, -0.15) is 0 Å². The third-order valence-corrected chi connectivity index (χ3v) is 5.90. The van der Waals surface area contributed by atoms with E-state index in [9.17, 15) is 14.4 Å². The first kappa shape index (κ1) is 21.9. The number of carbonyl (C=O) groups is 3. The molecular formula is C23H31N3O4. The predicted molar refractivity (Wildman–Crippen MR) is 114 cm³/mol. The van der Waals surface area contributed by atoms with E-state index < -0.39 is 5.41 Å². The smallest absolute Gasteiger partial charge is 0.255 e. The minimum Gasteiger partial charge on any atom is -0.491 e. The maximum absolute atomic E-state index is 13.5. The number of nitrogens with zero attached hydrogens (tertiary/aromatic N) is 2. The van der Waals surface area contributed by atoms with Crippen LogP contribution in [-0.2, 0) is 9.59 Å². The number of hydrogen-bond acceptors (Lipinski definition) is 4. The fraction of sp³-hybridized carbons (Fsp3) is 0.522.